The Bertz CT molecular complexity index is 363. The Kier molecular flexibility index (Phi) is 2.99. The first kappa shape index (κ1) is 10.1. The lowest BCUT2D eigenvalue weighted by atomic mass is 10.00. The Morgan fingerprint density at radius 3 is 3.20 bits per heavy atom. The van der Waals surface area contributed by atoms with Crippen LogP contribution in [-0.4, -0.2) is 12.4 Å². The first-order valence-corrected chi connectivity index (χ1v) is 5.18. The molecule has 0 fully saturated rings. The van der Waals surface area contributed by atoms with Gasteiger partial charge in [0.05, 0.1) is 6.10 Å². The van der Waals surface area contributed by atoms with E-state index in [-0.39, 0.29) is 11.9 Å². The number of hydrogen-bond donors (Lipinski definition) is 0. The van der Waals surface area contributed by atoms with Crippen molar-refractivity contribution < 1.29 is 13.9 Å². The van der Waals surface area contributed by atoms with Crippen LogP contribution in [-0.2, 0) is 11.2 Å². The van der Waals surface area contributed by atoms with Crippen LogP contribution in [0.4, 0.5) is 4.39 Å². The molecule has 3 heteroatoms. The van der Waals surface area contributed by atoms with Gasteiger partial charge in [-0.1, -0.05) is 0 Å². The van der Waals surface area contributed by atoms with Gasteiger partial charge in [0.15, 0.2) is 0 Å². The fourth-order valence-electron chi connectivity index (χ4n) is 1.87. The second kappa shape index (κ2) is 4.43. The van der Waals surface area contributed by atoms with Gasteiger partial charge < -0.3 is 9.53 Å². The number of ether oxygens (including phenoxy) is 1. The summed E-state index contributed by atoms with van der Waals surface area (Å²) in [7, 11) is 0. The molecule has 15 heavy (non-hydrogen) atoms. The van der Waals surface area contributed by atoms with Gasteiger partial charge in [0.1, 0.15) is 17.9 Å². The molecule has 2 rings (SSSR count). The van der Waals surface area contributed by atoms with Crippen LogP contribution in [0.25, 0.3) is 0 Å². The number of benzene rings is 1. The third kappa shape index (κ3) is 2.35. The summed E-state index contributed by atoms with van der Waals surface area (Å²) in [6.07, 6.45) is 3.99. The normalized spacial score (nSPS) is 19.1. The number of fused-ring (bicyclic) bond motifs is 1. The summed E-state index contributed by atoms with van der Waals surface area (Å²) >= 11 is 0. The summed E-state index contributed by atoms with van der Waals surface area (Å²) in [5.41, 5.74) is 0.928. The lowest BCUT2D eigenvalue weighted by Crippen LogP contribution is -2.22. The number of carbonyl (C=O) groups excluding carboxylic acids is 1. The van der Waals surface area contributed by atoms with Crippen LogP contribution in [0, 0.1) is 5.82 Å². The molecule has 1 atom stereocenters. The van der Waals surface area contributed by atoms with E-state index in [4.69, 9.17) is 4.74 Å². The van der Waals surface area contributed by atoms with E-state index in [9.17, 15) is 9.18 Å². The zero-order valence-corrected chi connectivity index (χ0v) is 8.41. The van der Waals surface area contributed by atoms with Gasteiger partial charge in [0.2, 0.25) is 0 Å². The Morgan fingerprint density at radius 2 is 2.40 bits per heavy atom. The molecule has 0 saturated heterocycles. The van der Waals surface area contributed by atoms with E-state index in [1.807, 2.05) is 0 Å². The van der Waals surface area contributed by atoms with Crippen LogP contribution in [0.2, 0.25) is 0 Å². The van der Waals surface area contributed by atoms with Crippen molar-refractivity contribution in [3.05, 3.63) is 29.6 Å². The average Bonchev–Trinajstić information content (AvgIpc) is 2.26. The second-order valence-electron chi connectivity index (χ2n) is 3.77. The molecule has 1 unspecified atom stereocenters. The van der Waals surface area contributed by atoms with Crippen LogP contribution in [0.5, 0.6) is 5.75 Å². The van der Waals surface area contributed by atoms with Gasteiger partial charge in [-0.05, 0) is 43.0 Å². The number of aldehydes is 1. The maximum atomic E-state index is 12.9. The quantitative estimate of drug-likeness (QED) is 0.713. The van der Waals surface area contributed by atoms with E-state index in [0.717, 1.165) is 36.9 Å². The number of hydrogen-bond acceptors (Lipinski definition) is 2. The van der Waals surface area contributed by atoms with E-state index < -0.39 is 0 Å². The highest BCUT2D eigenvalue weighted by atomic mass is 19.1. The highest BCUT2D eigenvalue weighted by Gasteiger charge is 2.19. The Hall–Kier alpha value is -1.38. The molecule has 0 amide bonds. The molecule has 0 bridgehead atoms. The summed E-state index contributed by atoms with van der Waals surface area (Å²) in [6, 6.07) is 4.59. The van der Waals surface area contributed by atoms with Gasteiger partial charge in [-0.25, -0.2) is 4.39 Å². The van der Waals surface area contributed by atoms with Crippen LogP contribution in [0.1, 0.15) is 24.8 Å². The van der Waals surface area contributed by atoms with E-state index in [1.165, 1.54) is 12.1 Å². The van der Waals surface area contributed by atoms with Gasteiger partial charge in [-0.15, -0.1) is 0 Å². The molecule has 0 aliphatic carbocycles. The molecule has 0 aromatic heterocycles. The molecule has 1 aliphatic rings. The van der Waals surface area contributed by atoms with E-state index >= 15 is 0 Å². The predicted octanol–water partition coefficient (Wildman–Crippen LogP) is 2.50. The summed E-state index contributed by atoms with van der Waals surface area (Å²) < 4.78 is 18.6. The van der Waals surface area contributed by atoms with Crippen molar-refractivity contribution in [2.24, 2.45) is 0 Å². The van der Waals surface area contributed by atoms with Crippen LogP contribution < -0.4 is 4.74 Å². The number of carbonyl (C=O) groups is 1. The van der Waals surface area contributed by atoms with Crippen LogP contribution in [0.15, 0.2) is 18.2 Å². The minimum absolute atomic E-state index is 0.105. The summed E-state index contributed by atoms with van der Waals surface area (Å²) in [4.78, 5) is 10.2. The first-order chi connectivity index (χ1) is 7.29. The Labute approximate surface area is 88.1 Å². The fourth-order valence-corrected chi connectivity index (χ4v) is 1.87. The minimum atomic E-state index is -0.219. The molecule has 0 N–H and O–H groups in total. The lowest BCUT2D eigenvalue weighted by Gasteiger charge is -2.25. The zero-order valence-electron chi connectivity index (χ0n) is 8.41. The first-order valence-electron chi connectivity index (χ1n) is 5.18. The molecule has 80 valence electrons. The number of rotatable bonds is 3. The Morgan fingerprint density at radius 1 is 1.53 bits per heavy atom. The molecule has 0 saturated carbocycles. The van der Waals surface area contributed by atoms with Crippen molar-refractivity contribution >= 4 is 6.29 Å². The molecule has 0 spiro atoms. The van der Waals surface area contributed by atoms with E-state index in [2.05, 4.69) is 0 Å². The zero-order chi connectivity index (χ0) is 10.7. The molecule has 1 aliphatic heterocycles. The largest absolute Gasteiger partial charge is 0.490 e. The predicted molar refractivity (Wildman–Crippen MR) is 54.4 cm³/mol. The maximum absolute atomic E-state index is 12.9. The molecule has 0 radical (unpaired) electrons. The van der Waals surface area contributed by atoms with Crippen molar-refractivity contribution in [1.82, 2.24) is 0 Å². The van der Waals surface area contributed by atoms with E-state index in [1.54, 1.807) is 6.07 Å². The summed E-state index contributed by atoms with van der Waals surface area (Å²) in [5.74, 6) is 0.544. The summed E-state index contributed by atoms with van der Waals surface area (Å²) in [5, 5.41) is 0. The molecule has 2 nitrogen and oxygen atoms in total. The number of aryl methyl sites for hydroxylation is 1. The number of halogens is 1. The monoisotopic (exact) mass is 208 g/mol. The standard InChI is InChI=1S/C12H13FO2/c13-10-4-6-12-9(8-10)3-5-11(15-12)2-1-7-14/h4,6-8,11H,1-3,5H2. The van der Waals surface area contributed by atoms with Crippen molar-refractivity contribution in [3.8, 4) is 5.75 Å². The SMILES string of the molecule is O=CCCC1CCc2cc(F)ccc2O1. The smallest absolute Gasteiger partial charge is 0.123 e. The van der Waals surface area contributed by atoms with Crippen molar-refractivity contribution in [1.29, 1.82) is 0 Å². The minimum Gasteiger partial charge on any atom is -0.490 e. The topological polar surface area (TPSA) is 26.3 Å². The van der Waals surface area contributed by atoms with Crippen molar-refractivity contribution in [2.45, 2.75) is 31.8 Å². The molecule has 1 aromatic rings. The van der Waals surface area contributed by atoms with Crippen LogP contribution in [0.3, 0.4) is 0 Å². The lowest BCUT2D eigenvalue weighted by molar-refractivity contribution is -0.108. The average molecular weight is 208 g/mol. The van der Waals surface area contributed by atoms with Gasteiger partial charge in [0, 0.05) is 6.42 Å². The maximum Gasteiger partial charge on any atom is 0.123 e. The molecular weight excluding hydrogens is 195 g/mol. The van der Waals surface area contributed by atoms with Crippen LogP contribution >= 0.6 is 0 Å². The highest BCUT2D eigenvalue weighted by molar-refractivity contribution is 5.49. The van der Waals surface area contributed by atoms with E-state index in [0.29, 0.717) is 6.42 Å². The Balaban J connectivity index is 2.06. The molecule has 1 aromatic carbocycles. The third-order valence-electron chi connectivity index (χ3n) is 2.66. The molecule has 1 heterocycles. The summed E-state index contributed by atoms with van der Waals surface area (Å²) in [6.45, 7) is 0. The van der Waals surface area contributed by atoms with Gasteiger partial charge in [0.25, 0.3) is 0 Å². The van der Waals surface area contributed by atoms with Gasteiger partial charge >= 0.3 is 0 Å². The van der Waals surface area contributed by atoms with Crippen molar-refractivity contribution in [3.63, 3.8) is 0 Å². The van der Waals surface area contributed by atoms with Crippen molar-refractivity contribution in [2.75, 3.05) is 0 Å². The highest BCUT2D eigenvalue weighted by Crippen LogP contribution is 2.29. The van der Waals surface area contributed by atoms with Gasteiger partial charge in [-0.3, -0.25) is 0 Å². The van der Waals surface area contributed by atoms with Gasteiger partial charge in [-0.2, -0.15) is 0 Å². The molecular formula is C12H13FO2. The third-order valence-corrected chi connectivity index (χ3v) is 2.66. The fraction of sp³-hybridized carbons (Fsp3) is 0.417. The second-order valence-corrected chi connectivity index (χ2v) is 3.77.